The molecule has 0 aromatic carbocycles. The number of carbonyl (C=O) groups is 1. The fourth-order valence-corrected chi connectivity index (χ4v) is 4.15. The third-order valence-electron chi connectivity index (χ3n) is 5.15. The molecule has 4 rings (SSSR count). The van der Waals surface area contributed by atoms with E-state index in [0.29, 0.717) is 11.3 Å². The topological polar surface area (TPSA) is 55.6 Å². The molecule has 2 aliphatic rings. The summed E-state index contributed by atoms with van der Waals surface area (Å²) in [5, 5.41) is 0. The molecule has 126 valence electrons. The maximum Gasteiger partial charge on any atom is 0.257 e. The van der Waals surface area contributed by atoms with Crippen LogP contribution in [0.4, 0.5) is 0 Å². The third kappa shape index (κ3) is 2.68. The molecule has 5 nitrogen and oxygen atoms in total. The van der Waals surface area contributed by atoms with Crippen LogP contribution in [0, 0.1) is 13.8 Å². The first kappa shape index (κ1) is 15.2. The summed E-state index contributed by atoms with van der Waals surface area (Å²) >= 11 is 0. The van der Waals surface area contributed by atoms with Gasteiger partial charge in [-0.3, -0.25) is 9.78 Å². The maximum atomic E-state index is 13.0. The summed E-state index contributed by atoms with van der Waals surface area (Å²) < 4.78 is 11.6. The molecule has 4 heterocycles. The number of nitrogens with zero attached hydrogens (tertiary/aromatic N) is 2. The van der Waals surface area contributed by atoms with Crippen LogP contribution in [-0.4, -0.2) is 34.0 Å². The quantitative estimate of drug-likeness (QED) is 0.866. The van der Waals surface area contributed by atoms with Crippen LogP contribution in [0.3, 0.4) is 0 Å². The molecule has 2 aromatic heterocycles. The Morgan fingerprint density at radius 3 is 2.46 bits per heavy atom. The molecule has 0 radical (unpaired) electrons. The average Bonchev–Trinajstić information content (AvgIpc) is 3.04. The number of piperidine rings is 1. The number of amides is 1. The molecule has 2 saturated heterocycles. The molecule has 1 amide bonds. The molecule has 2 aromatic rings. The highest BCUT2D eigenvalue weighted by atomic mass is 16.5. The standard InChI is InChI=1S/C19H22N2O3/c1-12-9-18(13(2)23-12)19(22)21-14-3-4-15(21)11-17(10-14)24-16-5-7-20-8-6-16/h5-9,14-15,17H,3-4,10-11H2,1-2H3. The summed E-state index contributed by atoms with van der Waals surface area (Å²) in [7, 11) is 0. The van der Waals surface area contributed by atoms with Crippen molar-refractivity contribution >= 4 is 5.91 Å². The van der Waals surface area contributed by atoms with E-state index in [2.05, 4.69) is 9.88 Å². The number of aromatic nitrogens is 1. The third-order valence-corrected chi connectivity index (χ3v) is 5.15. The number of carbonyl (C=O) groups excluding carboxylic acids is 1. The zero-order valence-electron chi connectivity index (χ0n) is 14.1. The summed E-state index contributed by atoms with van der Waals surface area (Å²) in [5.41, 5.74) is 0.706. The lowest BCUT2D eigenvalue weighted by Crippen LogP contribution is -2.49. The Hall–Kier alpha value is -2.30. The van der Waals surface area contributed by atoms with Gasteiger partial charge in [0.2, 0.25) is 0 Å². The molecule has 2 bridgehead atoms. The minimum atomic E-state index is 0.110. The normalized spacial score (nSPS) is 25.8. The van der Waals surface area contributed by atoms with Crippen LogP contribution in [0.25, 0.3) is 0 Å². The molecular formula is C19H22N2O3. The maximum absolute atomic E-state index is 13.0. The monoisotopic (exact) mass is 326 g/mol. The van der Waals surface area contributed by atoms with Gasteiger partial charge in [0, 0.05) is 37.3 Å². The second kappa shape index (κ2) is 5.96. The zero-order valence-corrected chi connectivity index (χ0v) is 14.1. The SMILES string of the molecule is Cc1cc(C(=O)N2C3CCC2CC(Oc2ccncc2)C3)c(C)o1. The van der Waals surface area contributed by atoms with E-state index >= 15 is 0 Å². The Bertz CT molecular complexity index is 726. The smallest absolute Gasteiger partial charge is 0.257 e. The second-order valence-corrected chi connectivity index (χ2v) is 6.82. The van der Waals surface area contributed by atoms with Crippen molar-refractivity contribution in [3.63, 3.8) is 0 Å². The zero-order chi connectivity index (χ0) is 16.7. The van der Waals surface area contributed by atoms with Gasteiger partial charge in [0.1, 0.15) is 23.4 Å². The summed E-state index contributed by atoms with van der Waals surface area (Å²) in [5.74, 6) is 2.47. The number of rotatable bonds is 3. The molecular weight excluding hydrogens is 304 g/mol. The van der Waals surface area contributed by atoms with E-state index < -0.39 is 0 Å². The lowest BCUT2D eigenvalue weighted by molar-refractivity contribution is 0.0357. The summed E-state index contributed by atoms with van der Waals surface area (Å²) in [6.07, 6.45) is 7.55. The van der Waals surface area contributed by atoms with Gasteiger partial charge in [-0.25, -0.2) is 0 Å². The van der Waals surface area contributed by atoms with Gasteiger partial charge in [0.25, 0.3) is 5.91 Å². The largest absolute Gasteiger partial charge is 0.490 e. The minimum Gasteiger partial charge on any atom is -0.490 e. The van der Waals surface area contributed by atoms with Crippen molar-refractivity contribution in [2.75, 3.05) is 0 Å². The van der Waals surface area contributed by atoms with E-state index in [1.165, 1.54) is 0 Å². The fraction of sp³-hybridized carbons (Fsp3) is 0.474. The fourth-order valence-electron chi connectivity index (χ4n) is 4.15. The van der Waals surface area contributed by atoms with Crippen LogP contribution >= 0.6 is 0 Å². The van der Waals surface area contributed by atoms with E-state index in [1.54, 1.807) is 12.4 Å². The van der Waals surface area contributed by atoms with Gasteiger partial charge < -0.3 is 14.1 Å². The molecule has 24 heavy (non-hydrogen) atoms. The molecule has 2 unspecified atom stereocenters. The number of hydrogen-bond donors (Lipinski definition) is 0. The van der Waals surface area contributed by atoms with E-state index in [1.807, 2.05) is 32.0 Å². The number of hydrogen-bond acceptors (Lipinski definition) is 4. The van der Waals surface area contributed by atoms with Gasteiger partial charge in [-0.1, -0.05) is 0 Å². The second-order valence-electron chi connectivity index (χ2n) is 6.82. The predicted octanol–water partition coefficient (Wildman–Crippen LogP) is 3.51. The van der Waals surface area contributed by atoms with Gasteiger partial charge in [-0.2, -0.15) is 0 Å². The molecule has 0 spiro atoms. The molecule has 0 aliphatic carbocycles. The average molecular weight is 326 g/mol. The van der Waals surface area contributed by atoms with Gasteiger partial charge in [0.05, 0.1) is 5.56 Å². The highest BCUT2D eigenvalue weighted by Crippen LogP contribution is 2.38. The number of ether oxygens (including phenoxy) is 1. The van der Waals surface area contributed by atoms with Crippen LogP contribution in [0.5, 0.6) is 5.75 Å². The lowest BCUT2D eigenvalue weighted by atomic mass is 9.98. The van der Waals surface area contributed by atoms with Crippen LogP contribution in [0.2, 0.25) is 0 Å². The van der Waals surface area contributed by atoms with Crippen LogP contribution in [0.15, 0.2) is 35.0 Å². The Balaban J connectivity index is 1.49. The number of pyridine rings is 1. The van der Waals surface area contributed by atoms with Crippen molar-refractivity contribution in [3.8, 4) is 5.75 Å². The molecule has 0 saturated carbocycles. The van der Waals surface area contributed by atoms with Crippen molar-refractivity contribution in [2.45, 2.75) is 57.7 Å². The van der Waals surface area contributed by atoms with Gasteiger partial charge in [-0.05, 0) is 44.9 Å². The predicted molar refractivity (Wildman–Crippen MR) is 89.0 cm³/mol. The molecule has 0 N–H and O–H groups in total. The molecule has 2 aliphatic heterocycles. The Labute approximate surface area is 141 Å². The van der Waals surface area contributed by atoms with E-state index in [0.717, 1.165) is 37.2 Å². The lowest BCUT2D eigenvalue weighted by Gasteiger charge is -2.38. The summed E-state index contributed by atoms with van der Waals surface area (Å²) in [6, 6.07) is 6.15. The van der Waals surface area contributed by atoms with Crippen LogP contribution < -0.4 is 4.74 Å². The van der Waals surface area contributed by atoms with Crippen molar-refractivity contribution in [1.29, 1.82) is 0 Å². The number of furan rings is 1. The van der Waals surface area contributed by atoms with E-state index in [-0.39, 0.29) is 24.1 Å². The Morgan fingerprint density at radius 2 is 1.88 bits per heavy atom. The van der Waals surface area contributed by atoms with Crippen molar-refractivity contribution in [1.82, 2.24) is 9.88 Å². The summed E-state index contributed by atoms with van der Waals surface area (Å²) in [4.78, 5) is 19.1. The highest BCUT2D eigenvalue weighted by Gasteiger charge is 2.44. The van der Waals surface area contributed by atoms with Crippen molar-refractivity contribution in [3.05, 3.63) is 47.7 Å². The van der Waals surface area contributed by atoms with Crippen molar-refractivity contribution < 1.29 is 13.9 Å². The molecule has 2 atom stereocenters. The number of aryl methyl sites for hydroxylation is 2. The highest BCUT2D eigenvalue weighted by molar-refractivity contribution is 5.96. The number of fused-ring (bicyclic) bond motifs is 2. The van der Waals surface area contributed by atoms with Gasteiger partial charge in [-0.15, -0.1) is 0 Å². The van der Waals surface area contributed by atoms with E-state index in [4.69, 9.17) is 9.15 Å². The first-order valence-corrected chi connectivity index (χ1v) is 8.58. The van der Waals surface area contributed by atoms with Crippen LogP contribution in [0.1, 0.15) is 47.6 Å². The summed E-state index contributed by atoms with van der Waals surface area (Å²) in [6.45, 7) is 3.74. The Kier molecular flexibility index (Phi) is 3.79. The first-order valence-electron chi connectivity index (χ1n) is 8.58. The molecule has 5 heteroatoms. The van der Waals surface area contributed by atoms with Crippen molar-refractivity contribution in [2.24, 2.45) is 0 Å². The van der Waals surface area contributed by atoms with Gasteiger partial charge >= 0.3 is 0 Å². The van der Waals surface area contributed by atoms with E-state index in [9.17, 15) is 4.79 Å². The Morgan fingerprint density at radius 1 is 1.21 bits per heavy atom. The minimum absolute atomic E-state index is 0.110. The first-order chi connectivity index (χ1) is 11.6. The molecule has 2 fully saturated rings. The van der Waals surface area contributed by atoms with Crippen LogP contribution in [-0.2, 0) is 0 Å². The van der Waals surface area contributed by atoms with Gasteiger partial charge in [0.15, 0.2) is 0 Å².